The van der Waals surface area contributed by atoms with Crippen LogP contribution >= 0.6 is 15.9 Å². The first kappa shape index (κ1) is 14.8. The van der Waals surface area contributed by atoms with Crippen LogP contribution in [0.3, 0.4) is 0 Å². The van der Waals surface area contributed by atoms with Crippen LogP contribution in [-0.2, 0) is 6.18 Å². The monoisotopic (exact) mass is 366 g/mol. The largest absolute Gasteiger partial charge is 0.416 e. The van der Waals surface area contributed by atoms with Gasteiger partial charge in [-0.05, 0) is 48.5 Å². The fourth-order valence-electron chi connectivity index (χ4n) is 2.13. The van der Waals surface area contributed by atoms with Gasteiger partial charge in [0.2, 0.25) is 0 Å². The lowest BCUT2D eigenvalue weighted by Crippen LogP contribution is -2.04. The van der Waals surface area contributed by atoms with E-state index in [2.05, 4.69) is 26.2 Å². The van der Waals surface area contributed by atoms with Gasteiger partial charge in [-0.1, -0.05) is 15.9 Å². The number of hydrogen-bond acceptors (Lipinski definition) is 2. The number of alkyl halides is 3. The Balaban J connectivity index is 1.93. The van der Waals surface area contributed by atoms with Crippen molar-refractivity contribution in [2.45, 2.75) is 6.18 Å². The summed E-state index contributed by atoms with van der Waals surface area (Å²) in [5.41, 5.74) is 1.51. The number of pyridine rings is 1. The molecule has 0 aliphatic heterocycles. The Morgan fingerprint density at radius 1 is 0.955 bits per heavy atom. The number of hydrogen-bond donors (Lipinski definition) is 1. The summed E-state index contributed by atoms with van der Waals surface area (Å²) in [6.07, 6.45) is -2.67. The van der Waals surface area contributed by atoms with Crippen LogP contribution in [0, 0.1) is 0 Å². The van der Waals surface area contributed by atoms with Crippen LogP contribution in [0.15, 0.2) is 59.2 Å². The van der Waals surface area contributed by atoms with Gasteiger partial charge in [0.15, 0.2) is 0 Å². The molecule has 2 nitrogen and oxygen atoms in total. The average Bonchev–Trinajstić information content (AvgIpc) is 2.47. The summed E-state index contributed by atoms with van der Waals surface area (Å²) in [5, 5.41) is 4.02. The predicted octanol–water partition coefficient (Wildman–Crippen LogP) is 5.76. The van der Waals surface area contributed by atoms with Crippen LogP contribution in [0.5, 0.6) is 0 Å². The second-order valence-corrected chi connectivity index (χ2v) is 5.64. The zero-order valence-electron chi connectivity index (χ0n) is 11.2. The second-order valence-electron chi connectivity index (χ2n) is 4.72. The molecule has 2 aromatic carbocycles. The summed E-state index contributed by atoms with van der Waals surface area (Å²) in [6, 6.07) is 12.4. The van der Waals surface area contributed by atoms with E-state index in [9.17, 15) is 13.2 Å². The third-order valence-electron chi connectivity index (χ3n) is 3.20. The van der Waals surface area contributed by atoms with E-state index in [0.29, 0.717) is 5.69 Å². The number of anilines is 2. The molecule has 0 radical (unpaired) electrons. The first-order valence-electron chi connectivity index (χ1n) is 6.42. The minimum atomic E-state index is -4.33. The Labute approximate surface area is 133 Å². The van der Waals surface area contributed by atoms with Crippen molar-refractivity contribution in [3.63, 3.8) is 0 Å². The van der Waals surface area contributed by atoms with Gasteiger partial charge in [-0.2, -0.15) is 13.2 Å². The van der Waals surface area contributed by atoms with Crippen LogP contribution in [0.1, 0.15) is 5.56 Å². The molecule has 1 aromatic heterocycles. The lowest BCUT2D eigenvalue weighted by molar-refractivity contribution is -0.137. The molecule has 0 amide bonds. The Morgan fingerprint density at radius 2 is 1.68 bits per heavy atom. The van der Waals surface area contributed by atoms with Crippen molar-refractivity contribution < 1.29 is 13.2 Å². The molecule has 112 valence electrons. The van der Waals surface area contributed by atoms with Gasteiger partial charge in [-0.25, -0.2) is 0 Å². The zero-order valence-corrected chi connectivity index (χ0v) is 12.7. The predicted molar refractivity (Wildman–Crippen MR) is 84.2 cm³/mol. The molecule has 3 aromatic rings. The van der Waals surface area contributed by atoms with Crippen molar-refractivity contribution in [2.75, 3.05) is 5.32 Å². The summed E-state index contributed by atoms with van der Waals surface area (Å²) in [4.78, 5) is 4.27. The minimum absolute atomic E-state index is 0.586. The molecular formula is C16H10BrF3N2. The Kier molecular flexibility index (Phi) is 3.78. The number of rotatable bonds is 2. The van der Waals surface area contributed by atoms with Gasteiger partial charge in [-0.15, -0.1) is 0 Å². The standard InChI is InChI=1S/C16H10BrF3N2/c17-11-3-6-13-14(7-8-21-15(13)9-11)22-12-4-1-10(2-5-12)16(18,19)20/h1-9H,(H,21,22). The maximum Gasteiger partial charge on any atom is 0.416 e. The normalized spacial score (nSPS) is 11.6. The van der Waals surface area contributed by atoms with Gasteiger partial charge in [-0.3, -0.25) is 4.98 Å². The lowest BCUT2D eigenvalue weighted by Gasteiger charge is -2.11. The van der Waals surface area contributed by atoms with Crippen LogP contribution < -0.4 is 5.32 Å². The van der Waals surface area contributed by atoms with Crippen molar-refractivity contribution in [3.05, 3.63) is 64.8 Å². The first-order chi connectivity index (χ1) is 10.4. The van der Waals surface area contributed by atoms with Gasteiger partial charge in [0, 0.05) is 27.4 Å². The van der Waals surface area contributed by atoms with Crippen LogP contribution in [0.2, 0.25) is 0 Å². The average molecular weight is 367 g/mol. The van der Waals surface area contributed by atoms with Crippen LogP contribution in [0.25, 0.3) is 10.9 Å². The maximum atomic E-state index is 12.6. The molecule has 0 unspecified atom stereocenters. The van der Waals surface area contributed by atoms with E-state index in [4.69, 9.17) is 0 Å². The van der Waals surface area contributed by atoms with Gasteiger partial charge in [0.25, 0.3) is 0 Å². The Morgan fingerprint density at radius 3 is 2.36 bits per heavy atom. The summed E-state index contributed by atoms with van der Waals surface area (Å²) >= 11 is 3.38. The number of aromatic nitrogens is 1. The Bertz CT molecular complexity index is 814. The van der Waals surface area contributed by atoms with Crippen molar-refractivity contribution >= 4 is 38.2 Å². The number of nitrogens with zero attached hydrogens (tertiary/aromatic N) is 1. The molecule has 0 aliphatic rings. The molecule has 0 fully saturated rings. The molecule has 0 aliphatic carbocycles. The van der Waals surface area contributed by atoms with Crippen molar-refractivity contribution in [1.29, 1.82) is 0 Å². The topological polar surface area (TPSA) is 24.9 Å². The highest BCUT2D eigenvalue weighted by atomic mass is 79.9. The molecule has 0 saturated carbocycles. The van der Waals surface area contributed by atoms with E-state index in [-0.39, 0.29) is 0 Å². The van der Waals surface area contributed by atoms with E-state index in [1.54, 1.807) is 12.3 Å². The molecule has 22 heavy (non-hydrogen) atoms. The summed E-state index contributed by atoms with van der Waals surface area (Å²) in [5.74, 6) is 0. The zero-order chi connectivity index (χ0) is 15.7. The van der Waals surface area contributed by atoms with Crippen molar-refractivity contribution in [1.82, 2.24) is 4.98 Å². The second kappa shape index (κ2) is 5.61. The highest BCUT2D eigenvalue weighted by Gasteiger charge is 2.29. The van der Waals surface area contributed by atoms with E-state index >= 15 is 0 Å². The molecule has 0 saturated heterocycles. The van der Waals surface area contributed by atoms with E-state index in [1.165, 1.54) is 12.1 Å². The Hall–Kier alpha value is -2.08. The summed E-state index contributed by atoms with van der Waals surface area (Å²) in [6.45, 7) is 0. The minimum Gasteiger partial charge on any atom is -0.355 e. The molecule has 0 bridgehead atoms. The van der Waals surface area contributed by atoms with E-state index in [0.717, 1.165) is 33.2 Å². The van der Waals surface area contributed by atoms with Gasteiger partial charge < -0.3 is 5.32 Å². The number of benzene rings is 2. The van der Waals surface area contributed by atoms with Gasteiger partial charge >= 0.3 is 6.18 Å². The lowest BCUT2D eigenvalue weighted by atomic mass is 10.1. The van der Waals surface area contributed by atoms with Crippen molar-refractivity contribution in [2.24, 2.45) is 0 Å². The highest BCUT2D eigenvalue weighted by molar-refractivity contribution is 9.10. The molecule has 1 N–H and O–H groups in total. The van der Waals surface area contributed by atoms with E-state index < -0.39 is 11.7 Å². The summed E-state index contributed by atoms with van der Waals surface area (Å²) in [7, 11) is 0. The molecule has 6 heteroatoms. The van der Waals surface area contributed by atoms with E-state index in [1.807, 2.05) is 18.2 Å². The molecule has 0 spiro atoms. The highest BCUT2D eigenvalue weighted by Crippen LogP contribution is 2.31. The molecule has 1 heterocycles. The van der Waals surface area contributed by atoms with Crippen molar-refractivity contribution in [3.8, 4) is 0 Å². The number of nitrogens with one attached hydrogen (secondary N) is 1. The third kappa shape index (κ3) is 3.06. The fourth-order valence-corrected chi connectivity index (χ4v) is 2.48. The van der Waals surface area contributed by atoms with Gasteiger partial charge in [0.05, 0.1) is 11.1 Å². The number of fused-ring (bicyclic) bond motifs is 1. The SMILES string of the molecule is FC(F)(F)c1ccc(Nc2ccnc3cc(Br)ccc23)cc1. The quantitative estimate of drug-likeness (QED) is 0.623. The number of halogens is 4. The molecule has 3 rings (SSSR count). The molecule has 0 atom stereocenters. The van der Waals surface area contributed by atoms with Gasteiger partial charge in [0.1, 0.15) is 0 Å². The third-order valence-corrected chi connectivity index (χ3v) is 3.69. The smallest absolute Gasteiger partial charge is 0.355 e. The van der Waals surface area contributed by atoms with Crippen LogP contribution in [0.4, 0.5) is 24.5 Å². The maximum absolute atomic E-state index is 12.6. The fraction of sp³-hybridized carbons (Fsp3) is 0.0625. The summed E-state index contributed by atoms with van der Waals surface area (Å²) < 4.78 is 38.6. The molecular weight excluding hydrogens is 357 g/mol. The first-order valence-corrected chi connectivity index (χ1v) is 7.21. The van der Waals surface area contributed by atoms with Crippen LogP contribution in [-0.4, -0.2) is 4.98 Å².